The molecule has 3 N–H and O–H groups in total. The van der Waals surface area contributed by atoms with E-state index in [1.807, 2.05) is 42.5 Å². The molecule has 12 heteroatoms. The Morgan fingerprint density at radius 2 is 1.71 bits per heavy atom. The number of hydrogen-bond donors (Lipinski definition) is 3. The maximum atomic E-state index is 13.9. The van der Waals surface area contributed by atoms with Gasteiger partial charge in [-0.15, -0.1) is 12.4 Å². The van der Waals surface area contributed by atoms with Crippen LogP contribution in [-0.4, -0.2) is 63.8 Å². The average Bonchev–Trinajstić information content (AvgIpc) is 3.23. The van der Waals surface area contributed by atoms with Crippen LogP contribution < -0.4 is 20.1 Å². The van der Waals surface area contributed by atoms with E-state index >= 15 is 0 Å². The molecule has 2 aromatic carbocycles. The smallest absolute Gasteiger partial charge is 0.321 e. The van der Waals surface area contributed by atoms with Crippen LogP contribution in [0.4, 0.5) is 5.69 Å². The van der Waals surface area contributed by atoms with Crippen LogP contribution in [0.2, 0.25) is 0 Å². The summed E-state index contributed by atoms with van der Waals surface area (Å²) in [5, 5.41) is 6.06. The Morgan fingerprint density at radius 1 is 1.02 bits per heavy atom. The van der Waals surface area contributed by atoms with Crippen LogP contribution in [0.3, 0.4) is 0 Å². The van der Waals surface area contributed by atoms with E-state index in [0.717, 1.165) is 43.3 Å². The van der Waals surface area contributed by atoms with E-state index in [-0.39, 0.29) is 37.9 Å². The lowest BCUT2D eigenvalue weighted by Crippen LogP contribution is -2.68. The first-order valence-electron chi connectivity index (χ1n) is 13.3. The second-order valence-electron chi connectivity index (χ2n) is 10.4. The van der Waals surface area contributed by atoms with Crippen molar-refractivity contribution >= 4 is 39.9 Å². The maximum Gasteiger partial charge on any atom is 0.321 e. The number of pyridine rings is 1. The van der Waals surface area contributed by atoms with Crippen molar-refractivity contribution in [2.24, 2.45) is 0 Å². The molecule has 2 aliphatic rings. The highest BCUT2D eigenvalue weighted by Gasteiger charge is 2.60. The number of fused-ring (bicyclic) bond motifs is 2. The van der Waals surface area contributed by atoms with Crippen LogP contribution in [0.25, 0.3) is 0 Å². The molecule has 2 atom stereocenters. The summed E-state index contributed by atoms with van der Waals surface area (Å²) in [5.74, 6) is -1.23. The highest BCUT2D eigenvalue weighted by Crippen LogP contribution is 2.50. The zero-order valence-corrected chi connectivity index (χ0v) is 24.4. The van der Waals surface area contributed by atoms with Gasteiger partial charge in [0.25, 0.3) is 11.8 Å². The van der Waals surface area contributed by atoms with E-state index in [1.54, 1.807) is 24.3 Å². The summed E-state index contributed by atoms with van der Waals surface area (Å²) >= 11 is 0. The van der Waals surface area contributed by atoms with E-state index in [1.165, 1.54) is 12.3 Å². The SMILES string of the molecule is CS(=O)(=O)[N+]1(NC(=O)C(COCc2ccccc2)NC(=O)c2ccccn2)CC2(CCNCC2)c2ccccc21.Cl. The summed E-state index contributed by atoms with van der Waals surface area (Å²) in [5.41, 5.74) is 4.92. The van der Waals surface area contributed by atoms with Gasteiger partial charge in [0.15, 0.2) is 5.69 Å². The molecule has 1 spiro atoms. The largest absolute Gasteiger partial charge is 0.374 e. The summed E-state index contributed by atoms with van der Waals surface area (Å²) in [4.78, 5) is 31.0. The molecule has 1 fully saturated rings. The third-order valence-corrected chi connectivity index (χ3v) is 9.27. The molecule has 218 valence electrons. The van der Waals surface area contributed by atoms with Gasteiger partial charge >= 0.3 is 10.0 Å². The quantitative estimate of drug-likeness (QED) is 0.322. The molecule has 1 aromatic heterocycles. The lowest BCUT2D eigenvalue weighted by molar-refractivity contribution is -0.127. The van der Waals surface area contributed by atoms with Crippen LogP contribution in [0.15, 0.2) is 79.0 Å². The highest BCUT2D eigenvalue weighted by atomic mass is 35.5. The van der Waals surface area contributed by atoms with E-state index < -0.39 is 37.3 Å². The number of rotatable bonds is 9. The molecule has 41 heavy (non-hydrogen) atoms. The third-order valence-electron chi connectivity index (χ3n) is 7.72. The third kappa shape index (κ3) is 6.29. The van der Waals surface area contributed by atoms with Crippen molar-refractivity contribution in [3.63, 3.8) is 0 Å². The minimum atomic E-state index is -3.91. The first-order chi connectivity index (χ1) is 19.2. The molecule has 3 heterocycles. The van der Waals surface area contributed by atoms with E-state index in [9.17, 15) is 18.0 Å². The van der Waals surface area contributed by atoms with E-state index in [2.05, 4.69) is 21.0 Å². The van der Waals surface area contributed by atoms with E-state index in [0.29, 0.717) is 5.69 Å². The van der Waals surface area contributed by atoms with Crippen molar-refractivity contribution < 1.29 is 22.7 Å². The maximum absolute atomic E-state index is 13.9. The molecule has 1 saturated heterocycles. The summed E-state index contributed by atoms with van der Waals surface area (Å²) in [6.45, 7) is 1.73. The number of amides is 2. The zero-order valence-electron chi connectivity index (χ0n) is 22.8. The Morgan fingerprint density at radius 3 is 2.39 bits per heavy atom. The van der Waals surface area contributed by atoms with Crippen LogP contribution in [0, 0.1) is 0 Å². The molecule has 5 rings (SSSR count). The van der Waals surface area contributed by atoms with Crippen molar-refractivity contribution in [3.8, 4) is 0 Å². The topological polar surface area (TPSA) is 126 Å². The Labute approximate surface area is 246 Å². The predicted molar refractivity (Wildman–Crippen MR) is 159 cm³/mol. The molecule has 10 nitrogen and oxygen atoms in total. The number of hydrogen-bond acceptors (Lipinski definition) is 7. The first-order valence-corrected chi connectivity index (χ1v) is 15.1. The molecule has 0 radical (unpaired) electrons. The monoisotopic (exact) mass is 600 g/mol. The Bertz CT molecular complexity index is 1470. The van der Waals surface area contributed by atoms with Gasteiger partial charge in [-0.2, -0.15) is 13.8 Å². The minimum Gasteiger partial charge on any atom is -0.374 e. The number of sulfonamides is 1. The fraction of sp³-hybridized carbons (Fsp3) is 0.345. The second-order valence-corrected chi connectivity index (χ2v) is 12.5. The fourth-order valence-corrected chi connectivity index (χ4v) is 6.94. The number of quaternary nitrogens is 1. The van der Waals surface area contributed by atoms with Crippen molar-refractivity contribution in [2.45, 2.75) is 30.9 Å². The number of para-hydroxylation sites is 1. The molecular formula is C29H35ClN5O5S+. The fourth-order valence-electron chi connectivity index (χ4n) is 5.68. The number of piperidine rings is 1. The summed E-state index contributed by atoms with van der Waals surface area (Å²) < 4.78 is 32.2. The van der Waals surface area contributed by atoms with Gasteiger partial charge in [-0.25, -0.2) is 0 Å². The number of carbonyl (C=O) groups excluding carboxylic acids is 2. The van der Waals surface area contributed by atoms with Gasteiger partial charge in [-0.1, -0.05) is 58.6 Å². The molecular weight excluding hydrogens is 566 g/mol. The molecule has 3 aromatic rings. The number of nitrogens with one attached hydrogen (secondary N) is 3. The van der Waals surface area contributed by atoms with Crippen molar-refractivity contribution in [1.82, 2.24) is 25.0 Å². The summed E-state index contributed by atoms with van der Waals surface area (Å²) in [7, 11) is -3.91. The van der Waals surface area contributed by atoms with Crippen LogP contribution in [0.5, 0.6) is 0 Å². The molecule has 2 unspecified atom stereocenters. The number of aromatic nitrogens is 1. The van der Waals surface area contributed by atoms with Gasteiger partial charge in [0, 0.05) is 17.8 Å². The molecule has 2 amide bonds. The minimum absolute atomic E-state index is 0. The standard InChI is InChI=1S/C29H33N5O5S.ClH/c1-40(37,38)34(21-29(14-17-30-18-15-29)23-11-5-6-13-26(23)34)33-28(36)25(20-39-19-22-9-3-2-4-10-22)32-27(35)24-12-7-8-16-31-24;/h2-13,16,25,30H,14-15,17-21H2,1H3,(H-,32,33,35,36);1H/p+1. The van der Waals surface area contributed by atoms with Crippen LogP contribution >= 0.6 is 12.4 Å². The van der Waals surface area contributed by atoms with Crippen LogP contribution in [-0.2, 0) is 31.6 Å². The normalized spacial score (nSPS) is 19.9. The van der Waals surface area contributed by atoms with Gasteiger partial charge in [0.2, 0.25) is 0 Å². The molecule has 2 aliphatic heterocycles. The summed E-state index contributed by atoms with van der Waals surface area (Å²) in [6.07, 6.45) is 4.11. The van der Waals surface area contributed by atoms with Gasteiger partial charge < -0.3 is 15.4 Å². The number of ether oxygens (including phenoxy) is 1. The lowest BCUT2D eigenvalue weighted by atomic mass is 9.75. The van der Waals surface area contributed by atoms with Crippen molar-refractivity contribution in [3.05, 3.63) is 95.8 Å². The summed E-state index contributed by atoms with van der Waals surface area (Å²) in [6, 6.07) is 20.6. The number of nitrogens with zero attached hydrogens (tertiary/aromatic N) is 2. The van der Waals surface area contributed by atoms with Crippen molar-refractivity contribution in [2.75, 3.05) is 32.5 Å². The number of benzene rings is 2. The van der Waals surface area contributed by atoms with E-state index in [4.69, 9.17) is 4.74 Å². The van der Waals surface area contributed by atoms with Gasteiger partial charge in [0.05, 0.1) is 24.9 Å². The van der Waals surface area contributed by atoms with Crippen LogP contribution in [0.1, 0.15) is 34.5 Å². The average molecular weight is 601 g/mol. The molecule has 0 bridgehead atoms. The number of halogens is 1. The highest BCUT2D eigenvalue weighted by molar-refractivity contribution is 7.90. The van der Waals surface area contributed by atoms with Gasteiger partial charge in [0.1, 0.15) is 18.3 Å². The lowest BCUT2D eigenvalue weighted by Gasteiger charge is -2.36. The first kappa shape index (κ1) is 30.6. The molecule has 0 saturated carbocycles. The van der Waals surface area contributed by atoms with Gasteiger partial charge in [-0.3, -0.25) is 14.6 Å². The Hall–Kier alpha value is -3.35. The Kier molecular flexibility index (Phi) is 9.45. The Balaban J connectivity index is 0.00000387. The number of carbonyl (C=O) groups is 2. The van der Waals surface area contributed by atoms with Crippen molar-refractivity contribution in [1.29, 1.82) is 0 Å². The predicted octanol–water partition coefficient (Wildman–Crippen LogP) is 2.45. The molecule has 0 aliphatic carbocycles. The van der Waals surface area contributed by atoms with Gasteiger partial charge in [-0.05, 0) is 43.6 Å². The zero-order chi connectivity index (χ0) is 28.2. The second kappa shape index (κ2) is 12.7.